The molecule has 1 saturated carbocycles. The molecule has 1 aliphatic rings. The molecule has 1 aromatic rings. The van der Waals surface area contributed by atoms with Crippen LogP contribution in [0.5, 0.6) is 5.75 Å². The highest BCUT2D eigenvalue weighted by Gasteiger charge is 2.42. The highest BCUT2D eigenvalue weighted by molar-refractivity contribution is 5.38. The molecule has 2 atom stereocenters. The first-order valence-electron chi connectivity index (χ1n) is 7.98. The fraction of sp³-hybridized carbons (Fsp3) is 0.611. The fourth-order valence-electron chi connectivity index (χ4n) is 3.40. The number of nitrogens with zero attached hydrogens (tertiary/aromatic N) is 1. The lowest BCUT2D eigenvalue weighted by Crippen LogP contribution is -2.47. The summed E-state index contributed by atoms with van der Waals surface area (Å²) in [6.45, 7) is 7.80. The van der Waals surface area contributed by atoms with E-state index < -0.39 is 0 Å². The molecule has 114 valence electrons. The second-order valence-electron chi connectivity index (χ2n) is 6.04. The van der Waals surface area contributed by atoms with Crippen molar-refractivity contribution in [1.29, 1.82) is 5.26 Å². The number of rotatable bonds is 6. The maximum Gasteiger partial charge on any atom is 0.122 e. The van der Waals surface area contributed by atoms with Crippen LogP contribution in [-0.2, 0) is 0 Å². The summed E-state index contributed by atoms with van der Waals surface area (Å²) in [7, 11) is 0. The van der Waals surface area contributed by atoms with Crippen LogP contribution in [0, 0.1) is 31.1 Å². The molecular formula is C18H26N2O. The molecular weight excluding hydrogens is 260 g/mol. The topological polar surface area (TPSA) is 45.0 Å². The summed E-state index contributed by atoms with van der Waals surface area (Å²) < 4.78 is 5.96. The molecule has 0 spiro atoms. The van der Waals surface area contributed by atoms with E-state index in [1.807, 2.05) is 12.1 Å². The van der Waals surface area contributed by atoms with E-state index in [-0.39, 0.29) is 5.54 Å². The number of nitriles is 1. The summed E-state index contributed by atoms with van der Waals surface area (Å²) >= 11 is 0. The molecule has 1 N–H and O–H groups in total. The summed E-state index contributed by atoms with van der Waals surface area (Å²) in [6, 6.07) is 8.69. The van der Waals surface area contributed by atoms with Gasteiger partial charge < -0.3 is 4.74 Å². The van der Waals surface area contributed by atoms with Crippen molar-refractivity contribution >= 4 is 0 Å². The third kappa shape index (κ3) is 3.39. The number of hydrogen-bond donors (Lipinski definition) is 1. The Balaban J connectivity index is 1.94. The summed E-state index contributed by atoms with van der Waals surface area (Å²) in [6.07, 6.45) is 4.16. The molecule has 0 heterocycles. The zero-order chi connectivity index (χ0) is 15.3. The second kappa shape index (κ2) is 6.95. The van der Waals surface area contributed by atoms with Gasteiger partial charge >= 0.3 is 0 Å². The van der Waals surface area contributed by atoms with Gasteiger partial charge in [-0.15, -0.1) is 0 Å². The molecule has 2 unspecified atom stereocenters. The Morgan fingerprint density at radius 3 is 2.95 bits per heavy atom. The third-order valence-corrected chi connectivity index (χ3v) is 4.79. The van der Waals surface area contributed by atoms with E-state index in [2.05, 4.69) is 38.2 Å². The van der Waals surface area contributed by atoms with Gasteiger partial charge in [-0.1, -0.05) is 25.5 Å². The first kappa shape index (κ1) is 15.9. The van der Waals surface area contributed by atoms with Crippen LogP contribution < -0.4 is 10.1 Å². The van der Waals surface area contributed by atoms with Crippen LogP contribution in [0.3, 0.4) is 0 Å². The number of aryl methyl sites for hydroxylation is 1. The Kier molecular flexibility index (Phi) is 5.25. The van der Waals surface area contributed by atoms with Gasteiger partial charge in [0.1, 0.15) is 11.3 Å². The fourth-order valence-corrected chi connectivity index (χ4v) is 3.40. The van der Waals surface area contributed by atoms with Gasteiger partial charge in [0.05, 0.1) is 12.7 Å². The molecule has 1 aromatic carbocycles. The van der Waals surface area contributed by atoms with Crippen molar-refractivity contribution < 1.29 is 4.74 Å². The summed E-state index contributed by atoms with van der Waals surface area (Å²) in [4.78, 5) is 0. The van der Waals surface area contributed by atoms with E-state index in [1.165, 1.54) is 11.1 Å². The molecule has 1 aliphatic carbocycles. The molecule has 0 radical (unpaired) electrons. The van der Waals surface area contributed by atoms with Crippen LogP contribution in [0.15, 0.2) is 18.2 Å². The number of nitrogens with one attached hydrogen (secondary N) is 1. The monoisotopic (exact) mass is 286 g/mol. The third-order valence-electron chi connectivity index (χ3n) is 4.79. The maximum absolute atomic E-state index is 9.56. The van der Waals surface area contributed by atoms with E-state index in [0.717, 1.165) is 38.0 Å². The van der Waals surface area contributed by atoms with Crippen LogP contribution in [0.2, 0.25) is 0 Å². The van der Waals surface area contributed by atoms with Crippen molar-refractivity contribution in [2.75, 3.05) is 13.2 Å². The molecule has 1 fully saturated rings. The molecule has 3 nitrogen and oxygen atoms in total. The van der Waals surface area contributed by atoms with Crippen molar-refractivity contribution in [3.63, 3.8) is 0 Å². The highest BCUT2D eigenvalue weighted by Crippen LogP contribution is 2.37. The SMILES string of the molecule is CCNC1(C#N)CCCC1CCOc1cccc(C)c1C. The number of hydrogen-bond acceptors (Lipinski definition) is 3. The average molecular weight is 286 g/mol. The number of benzene rings is 1. The van der Waals surface area contributed by atoms with Crippen molar-refractivity contribution in [1.82, 2.24) is 5.32 Å². The highest BCUT2D eigenvalue weighted by atomic mass is 16.5. The molecule has 21 heavy (non-hydrogen) atoms. The van der Waals surface area contributed by atoms with E-state index in [1.54, 1.807) is 0 Å². The van der Waals surface area contributed by atoms with Gasteiger partial charge in [-0.2, -0.15) is 5.26 Å². The minimum Gasteiger partial charge on any atom is -0.493 e. The van der Waals surface area contributed by atoms with Crippen molar-refractivity contribution in [3.8, 4) is 11.8 Å². The first-order valence-corrected chi connectivity index (χ1v) is 7.98. The molecule has 0 bridgehead atoms. The van der Waals surface area contributed by atoms with Gasteiger partial charge in [-0.05, 0) is 62.8 Å². The van der Waals surface area contributed by atoms with E-state index in [0.29, 0.717) is 12.5 Å². The number of ether oxygens (including phenoxy) is 1. The first-order chi connectivity index (χ1) is 10.1. The lowest BCUT2D eigenvalue weighted by atomic mass is 9.86. The Labute approximate surface area is 128 Å². The zero-order valence-corrected chi connectivity index (χ0v) is 13.4. The molecule has 3 heteroatoms. The average Bonchev–Trinajstić information content (AvgIpc) is 2.87. The summed E-state index contributed by atoms with van der Waals surface area (Å²) in [5.74, 6) is 1.37. The molecule has 0 amide bonds. The van der Waals surface area contributed by atoms with Crippen LogP contribution in [0.25, 0.3) is 0 Å². The quantitative estimate of drug-likeness (QED) is 0.866. The van der Waals surface area contributed by atoms with Crippen molar-refractivity contribution in [3.05, 3.63) is 29.3 Å². The molecule has 0 saturated heterocycles. The van der Waals surface area contributed by atoms with E-state index in [4.69, 9.17) is 4.74 Å². The molecule has 0 aliphatic heterocycles. The lowest BCUT2D eigenvalue weighted by molar-refractivity contribution is 0.233. The van der Waals surface area contributed by atoms with Gasteiger partial charge in [0.25, 0.3) is 0 Å². The smallest absolute Gasteiger partial charge is 0.122 e. The van der Waals surface area contributed by atoms with E-state index >= 15 is 0 Å². The standard InChI is InChI=1S/C18H26N2O/c1-4-20-18(13-19)11-6-8-16(18)10-12-21-17-9-5-7-14(2)15(17)3/h5,7,9,16,20H,4,6,8,10-12H2,1-3H3. The zero-order valence-electron chi connectivity index (χ0n) is 13.4. The second-order valence-corrected chi connectivity index (χ2v) is 6.04. The summed E-state index contributed by atoms with van der Waals surface area (Å²) in [5.41, 5.74) is 2.13. The van der Waals surface area contributed by atoms with Crippen molar-refractivity contribution in [2.24, 2.45) is 5.92 Å². The maximum atomic E-state index is 9.56. The van der Waals surface area contributed by atoms with Crippen LogP contribution in [0.4, 0.5) is 0 Å². The van der Waals surface area contributed by atoms with Crippen molar-refractivity contribution in [2.45, 2.75) is 52.0 Å². The predicted octanol–water partition coefficient (Wildman–Crippen LogP) is 3.74. The largest absolute Gasteiger partial charge is 0.493 e. The minimum absolute atomic E-state index is 0.334. The predicted molar refractivity (Wildman–Crippen MR) is 85.4 cm³/mol. The van der Waals surface area contributed by atoms with Gasteiger partial charge in [0.15, 0.2) is 0 Å². The van der Waals surface area contributed by atoms with Crippen LogP contribution in [0.1, 0.15) is 43.7 Å². The van der Waals surface area contributed by atoms with Gasteiger partial charge in [-0.3, -0.25) is 5.32 Å². The Bertz CT molecular complexity index is 520. The molecule has 0 aromatic heterocycles. The van der Waals surface area contributed by atoms with E-state index in [9.17, 15) is 5.26 Å². The van der Waals surface area contributed by atoms with Gasteiger partial charge in [0, 0.05) is 0 Å². The minimum atomic E-state index is -0.334. The Morgan fingerprint density at radius 2 is 2.24 bits per heavy atom. The van der Waals surface area contributed by atoms with Crippen LogP contribution in [-0.4, -0.2) is 18.7 Å². The normalized spacial score (nSPS) is 24.8. The van der Waals surface area contributed by atoms with Gasteiger partial charge in [0.2, 0.25) is 0 Å². The Morgan fingerprint density at radius 1 is 1.43 bits per heavy atom. The summed E-state index contributed by atoms with van der Waals surface area (Å²) in [5, 5.41) is 13.0. The van der Waals surface area contributed by atoms with Crippen LogP contribution >= 0.6 is 0 Å². The Hall–Kier alpha value is -1.53. The van der Waals surface area contributed by atoms with Gasteiger partial charge in [-0.25, -0.2) is 0 Å². The lowest BCUT2D eigenvalue weighted by Gasteiger charge is -2.29. The molecule has 2 rings (SSSR count).